The summed E-state index contributed by atoms with van der Waals surface area (Å²) < 4.78 is 3.86. The molecule has 0 radical (unpaired) electrons. The molecule has 1 aliphatic heterocycles. The van der Waals surface area contributed by atoms with Crippen molar-refractivity contribution >= 4 is 23.8 Å². The number of ether oxygens (including phenoxy) is 1. The van der Waals surface area contributed by atoms with Gasteiger partial charge in [-0.25, -0.2) is 0 Å². The van der Waals surface area contributed by atoms with Crippen LogP contribution in [0.3, 0.4) is 0 Å². The molecule has 1 amide bonds. The zero-order valence-corrected chi connectivity index (χ0v) is 23.0. The van der Waals surface area contributed by atoms with Crippen LogP contribution in [0.1, 0.15) is 37.8 Å². The van der Waals surface area contributed by atoms with Gasteiger partial charge in [0, 0.05) is 43.5 Å². The Kier molecular flexibility index (Phi) is 15.9. The molecule has 0 atom stereocenters. The number of anilines is 2. The molecule has 2 aromatic carbocycles. The normalized spacial score (nSPS) is 13.1. The minimum absolute atomic E-state index is 0.000101. The van der Waals surface area contributed by atoms with Gasteiger partial charge in [-0.1, -0.05) is 55.3 Å². The molecule has 1 saturated heterocycles. The third-order valence-electron chi connectivity index (χ3n) is 5.84. The van der Waals surface area contributed by atoms with Crippen molar-refractivity contribution in [3.05, 3.63) is 59.7 Å². The molecule has 1 fully saturated rings. The van der Waals surface area contributed by atoms with E-state index in [0.29, 0.717) is 6.47 Å². The zero-order valence-electron chi connectivity index (χ0n) is 23.0. The highest BCUT2D eigenvalue weighted by Gasteiger charge is 2.17. The number of carbonyl (C=O) groups excluding carboxylic acids is 2. The van der Waals surface area contributed by atoms with E-state index in [2.05, 4.69) is 75.4 Å². The van der Waals surface area contributed by atoms with Crippen molar-refractivity contribution in [1.82, 2.24) is 10.2 Å². The lowest BCUT2D eigenvalue weighted by atomic mass is 10.2. The molecule has 2 aromatic rings. The molecular weight excluding hydrogens is 452 g/mol. The highest BCUT2D eigenvalue weighted by molar-refractivity contribution is 5.92. The third kappa shape index (κ3) is 13.3. The molecule has 0 bridgehead atoms. The Hall–Kier alpha value is -2.90. The molecule has 0 spiro atoms. The van der Waals surface area contributed by atoms with Gasteiger partial charge >= 0.3 is 0 Å². The van der Waals surface area contributed by atoms with Gasteiger partial charge in [0.1, 0.15) is 0 Å². The highest BCUT2D eigenvalue weighted by Crippen LogP contribution is 2.21. The smallest absolute Gasteiger partial charge is 0.292 e. The summed E-state index contributed by atoms with van der Waals surface area (Å²) >= 11 is 0. The molecule has 0 saturated carbocycles. The van der Waals surface area contributed by atoms with E-state index < -0.39 is 0 Å². The van der Waals surface area contributed by atoms with Crippen LogP contribution in [0.4, 0.5) is 11.4 Å². The molecule has 1 heterocycles. The van der Waals surface area contributed by atoms with E-state index in [-0.39, 0.29) is 11.8 Å². The number of carbonyl (C=O) groups is 2. The first-order valence-corrected chi connectivity index (χ1v) is 12.8. The molecule has 3 rings (SSSR count). The molecule has 0 unspecified atom stereocenters. The van der Waals surface area contributed by atoms with Crippen LogP contribution in [-0.2, 0) is 14.3 Å². The Balaban J connectivity index is 0.000000443. The lowest BCUT2D eigenvalue weighted by Crippen LogP contribution is -2.46. The average molecular weight is 499 g/mol. The van der Waals surface area contributed by atoms with Gasteiger partial charge in [-0.05, 0) is 65.0 Å². The maximum atomic E-state index is 11.9. The van der Waals surface area contributed by atoms with Crippen LogP contribution in [0.15, 0.2) is 48.5 Å². The maximum absolute atomic E-state index is 11.9. The molecule has 7 heteroatoms. The second-order valence-corrected chi connectivity index (χ2v) is 9.32. The van der Waals surface area contributed by atoms with Crippen LogP contribution >= 0.6 is 0 Å². The first kappa shape index (κ1) is 31.1. The summed E-state index contributed by atoms with van der Waals surface area (Å²) in [6.45, 7) is 15.0. The van der Waals surface area contributed by atoms with Crippen molar-refractivity contribution in [2.24, 2.45) is 5.92 Å². The number of nitrogens with zero attached hydrogens (tertiary/aromatic N) is 2. The number of amides is 1. The van der Waals surface area contributed by atoms with Crippen LogP contribution in [-0.4, -0.2) is 70.7 Å². The molecule has 1 aliphatic rings. The van der Waals surface area contributed by atoms with Gasteiger partial charge in [0.05, 0.1) is 7.11 Å². The van der Waals surface area contributed by atoms with Crippen LogP contribution in [0.5, 0.6) is 0 Å². The largest absolute Gasteiger partial charge is 0.471 e. The van der Waals surface area contributed by atoms with Crippen molar-refractivity contribution in [3.63, 3.8) is 0 Å². The van der Waals surface area contributed by atoms with Crippen molar-refractivity contribution < 1.29 is 14.3 Å². The van der Waals surface area contributed by atoms with Gasteiger partial charge in [0.2, 0.25) is 5.91 Å². The molecular formula is C29H46N4O3. The summed E-state index contributed by atoms with van der Waals surface area (Å²) in [4.78, 5) is 25.8. The summed E-state index contributed by atoms with van der Waals surface area (Å²) in [5.41, 5.74) is 4.75. The first-order chi connectivity index (χ1) is 17.3. The summed E-state index contributed by atoms with van der Waals surface area (Å²) in [5, 5.41) is 6.19. The summed E-state index contributed by atoms with van der Waals surface area (Å²) in [7, 11) is 3.32. The lowest BCUT2D eigenvalue weighted by molar-refractivity contribution is -0.126. The maximum Gasteiger partial charge on any atom is 0.292 e. The molecule has 200 valence electrons. The van der Waals surface area contributed by atoms with Crippen LogP contribution < -0.4 is 15.5 Å². The molecule has 2 N–H and O–H groups in total. The zero-order chi connectivity index (χ0) is 26.8. The SMILES string of the molecule is CNCCCCN1CCN(c2cccc(NC(=O)C(C)C)c2)CC1.COC=O.Cc1ccc(C)cc1. The van der Waals surface area contributed by atoms with Crippen molar-refractivity contribution in [2.75, 3.05) is 63.6 Å². The van der Waals surface area contributed by atoms with Crippen molar-refractivity contribution in [3.8, 4) is 0 Å². The Labute approximate surface area is 218 Å². The number of nitrogens with one attached hydrogen (secondary N) is 2. The first-order valence-electron chi connectivity index (χ1n) is 12.8. The van der Waals surface area contributed by atoms with Gasteiger partial charge < -0.3 is 20.3 Å². The number of unbranched alkanes of at least 4 members (excludes halogenated alkanes) is 1. The molecule has 36 heavy (non-hydrogen) atoms. The predicted octanol–water partition coefficient (Wildman–Crippen LogP) is 4.50. The predicted molar refractivity (Wildman–Crippen MR) is 151 cm³/mol. The quantitative estimate of drug-likeness (QED) is 0.392. The number of hydrogen-bond donors (Lipinski definition) is 2. The van der Waals surface area contributed by atoms with Crippen LogP contribution in [0.2, 0.25) is 0 Å². The van der Waals surface area contributed by atoms with E-state index in [1.807, 2.05) is 33.0 Å². The summed E-state index contributed by atoms with van der Waals surface area (Å²) in [6.07, 6.45) is 2.51. The van der Waals surface area contributed by atoms with Crippen LogP contribution in [0.25, 0.3) is 0 Å². The molecule has 0 aromatic heterocycles. The number of aryl methyl sites for hydroxylation is 2. The monoisotopic (exact) mass is 498 g/mol. The Morgan fingerprint density at radius 3 is 2.08 bits per heavy atom. The van der Waals surface area contributed by atoms with Crippen molar-refractivity contribution in [1.29, 1.82) is 0 Å². The van der Waals surface area contributed by atoms with E-state index in [4.69, 9.17) is 4.79 Å². The van der Waals surface area contributed by atoms with Gasteiger partial charge in [-0.3, -0.25) is 14.5 Å². The second-order valence-electron chi connectivity index (χ2n) is 9.32. The Morgan fingerprint density at radius 1 is 1.00 bits per heavy atom. The summed E-state index contributed by atoms with van der Waals surface area (Å²) in [6, 6.07) is 16.7. The van der Waals surface area contributed by atoms with Crippen molar-refractivity contribution in [2.45, 2.75) is 40.5 Å². The summed E-state index contributed by atoms with van der Waals surface area (Å²) in [5.74, 6) is 0.0682. The second kappa shape index (κ2) is 18.4. The van der Waals surface area contributed by atoms with Gasteiger partial charge in [0.25, 0.3) is 6.47 Å². The third-order valence-corrected chi connectivity index (χ3v) is 5.84. The number of benzene rings is 2. The van der Waals surface area contributed by atoms with E-state index in [1.54, 1.807) is 0 Å². The van der Waals surface area contributed by atoms with E-state index in [0.717, 1.165) is 38.4 Å². The number of piperazine rings is 1. The minimum Gasteiger partial charge on any atom is -0.471 e. The molecule has 0 aliphatic carbocycles. The lowest BCUT2D eigenvalue weighted by Gasteiger charge is -2.36. The van der Waals surface area contributed by atoms with E-state index >= 15 is 0 Å². The molecule has 7 nitrogen and oxygen atoms in total. The fourth-order valence-corrected chi connectivity index (χ4v) is 3.57. The number of methoxy groups -OCH3 is 1. The average Bonchev–Trinajstić information content (AvgIpc) is 2.89. The Morgan fingerprint density at radius 2 is 1.58 bits per heavy atom. The highest BCUT2D eigenvalue weighted by atomic mass is 16.5. The fraction of sp³-hybridized carbons (Fsp3) is 0.517. The van der Waals surface area contributed by atoms with E-state index in [9.17, 15) is 4.79 Å². The van der Waals surface area contributed by atoms with Gasteiger partial charge in [0.15, 0.2) is 0 Å². The van der Waals surface area contributed by atoms with Gasteiger partial charge in [-0.15, -0.1) is 0 Å². The van der Waals surface area contributed by atoms with Gasteiger partial charge in [-0.2, -0.15) is 0 Å². The number of hydrogen-bond acceptors (Lipinski definition) is 6. The topological polar surface area (TPSA) is 73.9 Å². The standard InChI is InChI=1S/C19H32N4O.C8H10.C2H4O2/c1-16(2)19(24)21-17-7-6-8-18(15-17)23-13-11-22(12-14-23)10-5-4-9-20-3;1-7-3-5-8(2)6-4-7;1-4-2-3/h6-8,15-16,20H,4-5,9-14H2,1-3H3,(H,21,24);3-6H,1-2H3;2H,1H3. The Bertz CT molecular complexity index is 842. The van der Waals surface area contributed by atoms with Crippen LogP contribution in [0, 0.1) is 19.8 Å². The number of rotatable bonds is 9. The minimum atomic E-state index is 0.000101. The fourth-order valence-electron chi connectivity index (χ4n) is 3.57. The van der Waals surface area contributed by atoms with E-state index in [1.165, 1.54) is 43.3 Å².